The Morgan fingerprint density at radius 3 is 2.50 bits per heavy atom. The van der Waals surface area contributed by atoms with Crippen molar-refractivity contribution in [2.24, 2.45) is 0 Å². The van der Waals surface area contributed by atoms with Gasteiger partial charge in [-0.25, -0.2) is 0 Å². The van der Waals surface area contributed by atoms with Crippen molar-refractivity contribution in [1.82, 2.24) is 0 Å². The zero-order chi connectivity index (χ0) is 15.0. The van der Waals surface area contributed by atoms with Crippen LogP contribution in [0.5, 0.6) is 5.75 Å². The van der Waals surface area contributed by atoms with E-state index in [4.69, 9.17) is 9.15 Å². The first kappa shape index (κ1) is 14.8. The Morgan fingerprint density at radius 1 is 0.818 bits per heavy atom. The van der Waals surface area contributed by atoms with Crippen molar-refractivity contribution in [3.63, 3.8) is 0 Å². The maximum absolute atomic E-state index is 5.86. The van der Waals surface area contributed by atoms with Crippen LogP contribution in [0.3, 0.4) is 0 Å². The van der Waals surface area contributed by atoms with Gasteiger partial charge in [-0.05, 0) is 35.4 Å². The number of ether oxygens (including phenoxy) is 1. The van der Waals surface area contributed by atoms with Crippen molar-refractivity contribution in [1.29, 1.82) is 0 Å². The Bertz CT molecular complexity index is 678. The Kier molecular flexibility index (Phi) is 5.22. The molecule has 0 spiro atoms. The average molecular weight is 310 g/mol. The molecule has 3 rings (SSSR count). The van der Waals surface area contributed by atoms with Gasteiger partial charge in [-0.15, -0.1) is 11.8 Å². The number of furan rings is 1. The molecule has 0 amide bonds. The molecular weight excluding hydrogens is 292 g/mol. The average Bonchev–Trinajstić information content (AvgIpc) is 3.08. The monoisotopic (exact) mass is 310 g/mol. The van der Waals surface area contributed by atoms with E-state index in [0.717, 1.165) is 23.0 Å². The molecule has 22 heavy (non-hydrogen) atoms. The van der Waals surface area contributed by atoms with Crippen LogP contribution in [0, 0.1) is 0 Å². The van der Waals surface area contributed by atoms with Gasteiger partial charge < -0.3 is 9.15 Å². The normalized spacial score (nSPS) is 10.5. The number of rotatable bonds is 7. The second kappa shape index (κ2) is 7.76. The quantitative estimate of drug-likeness (QED) is 0.592. The van der Waals surface area contributed by atoms with E-state index in [-0.39, 0.29) is 0 Å². The van der Waals surface area contributed by atoms with Gasteiger partial charge in [-0.1, -0.05) is 42.5 Å². The molecule has 2 nitrogen and oxygen atoms in total. The molecule has 3 aromatic rings. The summed E-state index contributed by atoms with van der Waals surface area (Å²) in [5.41, 5.74) is 2.45. The highest BCUT2D eigenvalue weighted by molar-refractivity contribution is 7.97. The van der Waals surface area contributed by atoms with Crippen LogP contribution in [-0.2, 0) is 18.1 Å². The molecule has 0 N–H and O–H groups in total. The van der Waals surface area contributed by atoms with E-state index in [1.165, 1.54) is 11.1 Å². The largest absolute Gasteiger partial charge is 0.489 e. The summed E-state index contributed by atoms with van der Waals surface area (Å²) in [5.74, 6) is 3.77. The summed E-state index contributed by atoms with van der Waals surface area (Å²) in [6.45, 7) is 0.601. The van der Waals surface area contributed by atoms with Crippen molar-refractivity contribution in [2.45, 2.75) is 18.1 Å². The molecular formula is C19H18O2S. The second-order valence-electron chi connectivity index (χ2n) is 4.99. The lowest BCUT2D eigenvalue weighted by Crippen LogP contribution is -1.95. The molecule has 1 heterocycles. The third-order valence-electron chi connectivity index (χ3n) is 3.24. The molecule has 0 saturated heterocycles. The van der Waals surface area contributed by atoms with Crippen molar-refractivity contribution < 1.29 is 9.15 Å². The summed E-state index contributed by atoms with van der Waals surface area (Å²) in [7, 11) is 0. The smallest absolute Gasteiger partial charge is 0.120 e. The summed E-state index contributed by atoms with van der Waals surface area (Å²) in [4.78, 5) is 0. The van der Waals surface area contributed by atoms with Crippen LogP contribution in [0.25, 0.3) is 0 Å². The minimum Gasteiger partial charge on any atom is -0.489 e. The molecule has 0 aliphatic heterocycles. The van der Waals surface area contributed by atoms with Gasteiger partial charge in [-0.3, -0.25) is 0 Å². The van der Waals surface area contributed by atoms with Gasteiger partial charge in [0.05, 0.1) is 12.0 Å². The Morgan fingerprint density at radius 2 is 1.68 bits per heavy atom. The fourth-order valence-corrected chi connectivity index (χ4v) is 3.01. The van der Waals surface area contributed by atoms with E-state index in [2.05, 4.69) is 24.3 Å². The highest BCUT2D eigenvalue weighted by atomic mass is 32.2. The maximum atomic E-state index is 5.86. The highest BCUT2D eigenvalue weighted by Crippen LogP contribution is 2.21. The lowest BCUT2D eigenvalue weighted by Gasteiger charge is -2.08. The third kappa shape index (κ3) is 4.43. The standard InChI is InChI=1S/C19H18O2S/c1-2-6-16(7-3-1)13-21-18-9-4-8-17(12-18)14-22-15-19-10-5-11-20-19/h1-12H,13-15H2. The Labute approximate surface area is 135 Å². The van der Waals surface area contributed by atoms with Gasteiger partial charge in [0.2, 0.25) is 0 Å². The minimum absolute atomic E-state index is 0.601. The minimum atomic E-state index is 0.601. The van der Waals surface area contributed by atoms with Gasteiger partial charge >= 0.3 is 0 Å². The van der Waals surface area contributed by atoms with E-state index >= 15 is 0 Å². The molecule has 0 aliphatic carbocycles. The van der Waals surface area contributed by atoms with Crippen LogP contribution in [0.1, 0.15) is 16.9 Å². The van der Waals surface area contributed by atoms with Gasteiger partial charge in [0.25, 0.3) is 0 Å². The lowest BCUT2D eigenvalue weighted by atomic mass is 10.2. The topological polar surface area (TPSA) is 22.4 Å². The van der Waals surface area contributed by atoms with Crippen molar-refractivity contribution in [3.05, 3.63) is 89.9 Å². The van der Waals surface area contributed by atoms with Crippen LogP contribution in [0.4, 0.5) is 0 Å². The molecule has 2 aromatic carbocycles. The molecule has 0 aliphatic rings. The molecule has 0 radical (unpaired) electrons. The second-order valence-corrected chi connectivity index (χ2v) is 5.98. The van der Waals surface area contributed by atoms with E-state index in [1.54, 1.807) is 6.26 Å². The molecule has 0 bridgehead atoms. The van der Waals surface area contributed by atoms with Crippen molar-refractivity contribution in [3.8, 4) is 5.75 Å². The van der Waals surface area contributed by atoms with Gasteiger partial charge in [0.1, 0.15) is 18.1 Å². The first-order chi connectivity index (χ1) is 10.9. The lowest BCUT2D eigenvalue weighted by molar-refractivity contribution is 0.306. The first-order valence-corrected chi connectivity index (χ1v) is 8.41. The molecule has 0 fully saturated rings. The summed E-state index contributed by atoms with van der Waals surface area (Å²) < 4.78 is 11.2. The number of hydrogen-bond donors (Lipinski definition) is 0. The van der Waals surface area contributed by atoms with Crippen LogP contribution >= 0.6 is 11.8 Å². The van der Waals surface area contributed by atoms with E-state index < -0.39 is 0 Å². The van der Waals surface area contributed by atoms with Crippen LogP contribution in [-0.4, -0.2) is 0 Å². The van der Waals surface area contributed by atoms with Crippen LogP contribution in [0.15, 0.2) is 77.4 Å². The zero-order valence-corrected chi connectivity index (χ0v) is 13.1. The third-order valence-corrected chi connectivity index (χ3v) is 4.27. The van der Waals surface area contributed by atoms with Crippen LogP contribution < -0.4 is 4.74 Å². The van der Waals surface area contributed by atoms with Gasteiger partial charge in [0, 0.05) is 5.75 Å². The van der Waals surface area contributed by atoms with E-state index in [0.29, 0.717) is 6.61 Å². The summed E-state index contributed by atoms with van der Waals surface area (Å²) in [5, 5.41) is 0. The number of thioether (sulfide) groups is 1. The molecule has 0 unspecified atom stereocenters. The van der Waals surface area contributed by atoms with E-state index in [9.17, 15) is 0 Å². The summed E-state index contributed by atoms with van der Waals surface area (Å²) in [6, 6.07) is 22.4. The van der Waals surface area contributed by atoms with Crippen molar-refractivity contribution >= 4 is 11.8 Å². The number of benzene rings is 2. The Hall–Kier alpha value is -2.13. The summed E-state index contributed by atoms with van der Waals surface area (Å²) in [6.07, 6.45) is 1.72. The molecule has 0 saturated carbocycles. The predicted molar refractivity (Wildman–Crippen MR) is 90.9 cm³/mol. The number of hydrogen-bond acceptors (Lipinski definition) is 3. The molecule has 112 valence electrons. The highest BCUT2D eigenvalue weighted by Gasteiger charge is 2.00. The predicted octanol–water partition coefficient (Wildman–Crippen LogP) is 5.29. The molecule has 1 aromatic heterocycles. The molecule has 3 heteroatoms. The van der Waals surface area contributed by atoms with E-state index in [1.807, 2.05) is 54.2 Å². The van der Waals surface area contributed by atoms with Crippen molar-refractivity contribution in [2.75, 3.05) is 0 Å². The Balaban J connectivity index is 1.51. The fourth-order valence-electron chi connectivity index (χ4n) is 2.13. The fraction of sp³-hybridized carbons (Fsp3) is 0.158. The SMILES string of the molecule is c1ccc(COc2cccc(CSCc3ccco3)c2)cc1. The summed E-state index contributed by atoms with van der Waals surface area (Å²) >= 11 is 1.84. The maximum Gasteiger partial charge on any atom is 0.120 e. The first-order valence-electron chi connectivity index (χ1n) is 7.26. The zero-order valence-electron chi connectivity index (χ0n) is 12.3. The van der Waals surface area contributed by atoms with Crippen LogP contribution in [0.2, 0.25) is 0 Å². The molecule has 0 atom stereocenters. The van der Waals surface area contributed by atoms with Gasteiger partial charge in [0.15, 0.2) is 0 Å². The van der Waals surface area contributed by atoms with Gasteiger partial charge in [-0.2, -0.15) is 0 Å².